The standard InChI is InChI=1S/C23H22F4N4O2S/c1-14-9-15(2)31(30-14)19-8-3-16(20(10-19)23(25,26)27)11-28-21(32)12-34-13-22(33)29-18-6-4-17(24)5-7-18/h3-10H,11-13H2,1-2H3,(H,28,32)(H,29,33). The average Bonchev–Trinajstić information content (AvgIpc) is 3.11. The van der Waals surface area contributed by atoms with Gasteiger partial charge in [-0.2, -0.15) is 18.3 Å². The molecule has 0 atom stereocenters. The minimum Gasteiger partial charge on any atom is -0.351 e. The van der Waals surface area contributed by atoms with Crippen molar-refractivity contribution in [1.29, 1.82) is 0 Å². The third-order valence-electron chi connectivity index (χ3n) is 4.72. The number of hydrogen-bond acceptors (Lipinski definition) is 4. The van der Waals surface area contributed by atoms with Crippen LogP contribution in [0.3, 0.4) is 0 Å². The molecule has 180 valence electrons. The summed E-state index contributed by atoms with van der Waals surface area (Å²) in [6.45, 7) is 3.19. The highest BCUT2D eigenvalue weighted by Gasteiger charge is 2.34. The third kappa shape index (κ3) is 6.83. The van der Waals surface area contributed by atoms with Crippen LogP contribution in [0.2, 0.25) is 0 Å². The number of carbonyl (C=O) groups is 2. The predicted molar refractivity (Wildman–Crippen MR) is 122 cm³/mol. The first kappa shape index (κ1) is 25.3. The van der Waals surface area contributed by atoms with Crippen molar-refractivity contribution in [3.63, 3.8) is 0 Å². The Kier molecular flexibility index (Phi) is 7.98. The second kappa shape index (κ2) is 10.7. The summed E-state index contributed by atoms with van der Waals surface area (Å²) in [5.74, 6) is -1.48. The lowest BCUT2D eigenvalue weighted by molar-refractivity contribution is -0.138. The molecule has 2 aromatic carbocycles. The van der Waals surface area contributed by atoms with Gasteiger partial charge < -0.3 is 10.6 Å². The molecule has 0 radical (unpaired) electrons. The van der Waals surface area contributed by atoms with Gasteiger partial charge in [0.2, 0.25) is 11.8 Å². The Labute approximate surface area is 197 Å². The molecule has 0 aliphatic carbocycles. The number of rotatable bonds is 8. The van der Waals surface area contributed by atoms with Gasteiger partial charge in [0, 0.05) is 17.9 Å². The molecule has 0 saturated heterocycles. The Bertz CT molecular complexity index is 1180. The Morgan fingerprint density at radius 1 is 1.00 bits per heavy atom. The van der Waals surface area contributed by atoms with Gasteiger partial charge >= 0.3 is 6.18 Å². The number of carbonyl (C=O) groups excluding carboxylic acids is 2. The number of aromatic nitrogens is 2. The number of halogens is 4. The van der Waals surface area contributed by atoms with Crippen molar-refractivity contribution in [2.45, 2.75) is 26.6 Å². The van der Waals surface area contributed by atoms with Crippen molar-refractivity contribution in [3.05, 3.63) is 76.9 Å². The Morgan fingerprint density at radius 2 is 1.68 bits per heavy atom. The fourth-order valence-corrected chi connectivity index (χ4v) is 3.86. The number of aryl methyl sites for hydroxylation is 2. The maximum Gasteiger partial charge on any atom is 0.416 e. The van der Waals surface area contributed by atoms with E-state index in [-0.39, 0.29) is 35.2 Å². The first-order valence-electron chi connectivity index (χ1n) is 10.2. The van der Waals surface area contributed by atoms with E-state index >= 15 is 0 Å². The molecule has 0 aliphatic rings. The highest BCUT2D eigenvalue weighted by molar-refractivity contribution is 8.00. The van der Waals surface area contributed by atoms with Crippen molar-refractivity contribution in [2.24, 2.45) is 0 Å². The number of nitrogens with zero attached hydrogens (tertiary/aromatic N) is 2. The molecular formula is C23H22F4N4O2S. The average molecular weight is 495 g/mol. The molecule has 2 amide bonds. The molecule has 1 aromatic heterocycles. The van der Waals surface area contributed by atoms with Crippen LogP contribution in [0.4, 0.5) is 23.2 Å². The number of thioether (sulfide) groups is 1. The monoisotopic (exact) mass is 494 g/mol. The van der Waals surface area contributed by atoms with Crippen molar-refractivity contribution in [1.82, 2.24) is 15.1 Å². The number of benzene rings is 2. The number of amides is 2. The van der Waals surface area contributed by atoms with Gasteiger partial charge in [-0.3, -0.25) is 9.59 Å². The largest absolute Gasteiger partial charge is 0.416 e. The summed E-state index contributed by atoms with van der Waals surface area (Å²) in [6.07, 6.45) is -4.61. The fourth-order valence-electron chi connectivity index (χ4n) is 3.22. The summed E-state index contributed by atoms with van der Waals surface area (Å²) in [7, 11) is 0. The van der Waals surface area contributed by atoms with E-state index in [4.69, 9.17) is 0 Å². The minimum atomic E-state index is -4.61. The van der Waals surface area contributed by atoms with Gasteiger partial charge in [-0.15, -0.1) is 11.8 Å². The molecule has 0 saturated carbocycles. The van der Waals surface area contributed by atoms with Crippen molar-refractivity contribution in [3.8, 4) is 5.69 Å². The molecule has 1 heterocycles. The minimum absolute atomic E-state index is 0.0457. The Balaban J connectivity index is 1.55. The molecule has 0 unspecified atom stereocenters. The van der Waals surface area contributed by atoms with E-state index in [1.54, 1.807) is 19.9 Å². The van der Waals surface area contributed by atoms with Gasteiger partial charge in [-0.1, -0.05) is 6.07 Å². The van der Waals surface area contributed by atoms with Gasteiger partial charge in [0.25, 0.3) is 0 Å². The molecule has 3 aromatic rings. The molecule has 6 nitrogen and oxygen atoms in total. The second-order valence-electron chi connectivity index (χ2n) is 7.50. The van der Waals surface area contributed by atoms with E-state index in [1.807, 2.05) is 0 Å². The van der Waals surface area contributed by atoms with Crippen LogP contribution in [0.5, 0.6) is 0 Å². The Hall–Kier alpha value is -3.34. The summed E-state index contributed by atoms with van der Waals surface area (Å²) in [5.41, 5.74) is 1.14. The quantitative estimate of drug-likeness (QED) is 0.448. The number of anilines is 1. The van der Waals surface area contributed by atoms with E-state index in [0.717, 1.165) is 17.8 Å². The van der Waals surface area contributed by atoms with Gasteiger partial charge in [-0.25, -0.2) is 9.07 Å². The summed E-state index contributed by atoms with van der Waals surface area (Å²) >= 11 is 1.01. The van der Waals surface area contributed by atoms with Crippen molar-refractivity contribution >= 4 is 29.3 Å². The van der Waals surface area contributed by atoms with Crippen LogP contribution < -0.4 is 10.6 Å². The van der Waals surface area contributed by atoms with Crippen LogP contribution >= 0.6 is 11.8 Å². The zero-order valence-electron chi connectivity index (χ0n) is 18.4. The van der Waals surface area contributed by atoms with E-state index in [9.17, 15) is 27.2 Å². The van der Waals surface area contributed by atoms with Crippen LogP contribution in [-0.4, -0.2) is 33.1 Å². The normalized spacial score (nSPS) is 11.4. The summed E-state index contributed by atoms with van der Waals surface area (Å²) in [4.78, 5) is 24.0. The molecule has 0 aliphatic heterocycles. The van der Waals surface area contributed by atoms with E-state index in [2.05, 4.69) is 15.7 Å². The van der Waals surface area contributed by atoms with Gasteiger partial charge in [0.05, 0.1) is 28.5 Å². The summed E-state index contributed by atoms with van der Waals surface area (Å²) in [6, 6.07) is 10.8. The van der Waals surface area contributed by atoms with Crippen molar-refractivity contribution in [2.75, 3.05) is 16.8 Å². The van der Waals surface area contributed by atoms with Gasteiger partial charge in [-0.05, 0) is 61.9 Å². The van der Waals surface area contributed by atoms with E-state index < -0.39 is 23.5 Å². The zero-order valence-corrected chi connectivity index (χ0v) is 19.2. The lowest BCUT2D eigenvalue weighted by Gasteiger charge is -2.16. The maximum absolute atomic E-state index is 13.7. The fraction of sp³-hybridized carbons (Fsp3) is 0.261. The molecule has 0 spiro atoms. The third-order valence-corrected chi connectivity index (χ3v) is 5.66. The van der Waals surface area contributed by atoms with Crippen LogP contribution in [0.25, 0.3) is 5.69 Å². The van der Waals surface area contributed by atoms with Gasteiger partial charge in [0.1, 0.15) is 5.82 Å². The van der Waals surface area contributed by atoms with Crippen LogP contribution in [-0.2, 0) is 22.3 Å². The SMILES string of the molecule is Cc1cc(C)n(-c2ccc(CNC(=O)CSCC(=O)Nc3ccc(F)cc3)c(C(F)(F)F)c2)n1. The first-order valence-corrected chi connectivity index (χ1v) is 11.3. The molecule has 0 fully saturated rings. The second-order valence-corrected chi connectivity index (χ2v) is 8.49. The number of hydrogen-bond donors (Lipinski definition) is 2. The highest BCUT2D eigenvalue weighted by atomic mass is 32.2. The van der Waals surface area contributed by atoms with E-state index in [1.165, 1.54) is 41.1 Å². The molecular weight excluding hydrogens is 472 g/mol. The van der Waals surface area contributed by atoms with Crippen LogP contribution in [0, 0.1) is 19.7 Å². The summed E-state index contributed by atoms with van der Waals surface area (Å²) < 4.78 is 55.3. The van der Waals surface area contributed by atoms with Gasteiger partial charge in [0.15, 0.2) is 0 Å². The van der Waals surface area contributed by atoms with Crippen LogP contribution in [0.15, 0.2) is 48.5 Å². The number of alkyl halides is 3. The van der Waals surface area contributed by atoms with Crippen molar-refractivity contribution < 1.29 is 27.2 Å². The lowest BCUT2D eigenvalue weighted by atomic mass is 10.1. The molecule has 0 bridgehead atoms. The smallest absolute Gasteiger partial charge is 0.351 e. The van der Waals surface area contributed by atoms with E-state index in [0.29, 0.717) is 17.1 Å². The molecule has 34 heavy (non-hydrogen) atoms. The first-order chi connectivity index (χ1) is 16.0. The van der Waals surface area contributed by atoms with Crippen LogP contribution in [0.1, 0.15) is 22.5 Å². The number of nitrogens with one attached hydrogen (secondary N) is 2. The Morgan fingerprint density at radius 3 is 2.29 bits per heavy atom. The molecule has 3 rings (SSSR count). The molecule has 11 heteroatoms. The predicted octanol–water partition coefficient (Wildman–Crippen LogP) is 4.64. The maximum atomic E-state index is 13.7. The lowest BCUT2D eigenvalue weighted by Crippen LogP contribution is -2.27. The topological polar surface area (TPSA) is 76.0 Å². The molecule has 2 N–H and O–H groups in total. The summed E-state index contributed by atoms with van der Waals surface area (Å²) in [5, 5.41) is 9.23. The highest BCUT2D eigenvalue weighted by Crippen LogP contribution is 2.33. The zero-order chi connectivity index (χ0) is 24.9.